The molecule has 1 saturated heterocycles. The lowest BCUT2D eigenvalue weighted by Crippen LogP contribution is -2.35. The van der Waals surface area contributed by atoms with E-state index < -0.39 is 0 Å². The summed E-state index contributed by atoms with van der Waals surface area (Å²) >= 11 is 1.90. The van der Waals surface area contributed by atoms with Crippen LogP contribution in [0.3, 0.4) is 0 Å². The Balaban J connectivity index is 2.05. The predicted octanol–water partition coefficient (Wildman–Crippen LogP) is 3.25. The molecule has 0 aromatic carbocycles. The highest BCUT2D eigenvalue weighted by Gasteiger charge is 2.14. The van der Waals surface area contributed by atoms with E-state index in [1.165, 1.54) is 21.0 Å². The van der Waals surface area contributed by atoms with Gasteiger partial charge in [-0.3, -0.25) is 4.90 Å². The Morgan fingerprint density at radius 1 is 1.42 bits per heavy atom. The number of hydrogen-bond acceptors (Lipinski definition) is 4. The quantitative estimate of drug-likeness (QED) is 0.842. The van der Waals surface area contributed by atoms with Gasteiger partial charge in [-0.05, 0) is 32.4 Å². The lowest BCUT2D eigenvalue weighted by Gasteiger charge is -2.25. The van der Waals surface area contributed by atoms with Gasteiger partial charge in [0.1, 0.15) is 0 Å². The molecular weight excluding hydrogens is 256 g/mol. The van der Waals surface area contributed by atoms with Crippen molar-refractivity contribution in [3.63, 3.8) is 0 Å². The topological polar surface area (TPSA) is 15.7 Å². The average Bonchev–Trinajstić information content (AvgIpc) is 2.70. The average molecular weight is 280 g/mol. The Bertz CT molecular complexity index is 443. The summed E-state index contributed by atoms with van der Waals surface area (Å²) in [6.45, 7) is 11.4. The van der Waals surface area contributed by atoms with E-state index in [0.29, 0.717) is 0 Å². The number of morpholine rings is 1. The van der Waals surface area contributed by atoms with E-state index >= 15 is 0 Å². The molecule has 0 saturated carbocycles. The maximum absolute atomic E-state index is 5.39. The molecule has 0 amide bonds. The number of ether oxygens (including phenoxy) is 1. The third kappa shape index (κ3) is 4.06. The molecule has 1 aliphatic rings. The summed E-state index contributed by atoms with van der Waals surface area (Å²) in [7, 11) is 2.13. The first-order valence-corrected chi connectivity index (χ1v) is 7.65. The zero-order chi connectivity index (χ0) is 13.8. The van der Waals surface area contributed by atoms with Crippen molar-refractivity contribution in [2.24, 2.45) is 0 Å². The van der Waals surface area contributed by atoms with Crippen molar-refractivity contribution in [3.8, 4) is 0 Å². The molecule has 2 heterocycles. The monoisotopic (exact) mass is 280 g/mol. The molecule has 0 bridgehead atoms. The number of aryl methyl sites for hydroxylation is 1. The summed E-state index contributed by atoms with van der Waals surface area (Å²) in [5.41, 5.74) is 2.69. The van der Waals surface area contributed by atoms with Gasteiger partial charge in [-0.2, -0.15) is 0 Å². The van der Waals surface area contributed by atoms with Gasteiger partial charge in [0.05, 0.1) is 18.2 Å². The van der Waals surface area contributed by atoms with Gasteiger partial charge < -0.3 is 9.64 Å². The van der Waals surface area contributed by atoms with Gasteiger partial charge in [-0.1, -0.05) is 5.57 Å². The Morgan fingerprint density at radius 3 is 2.74 bits per heavy atom. The second kappa shape index (κ2) is 6.55. The van der Waals surface area contributed by atoms with E-state index in [2.05, 4.69) is 49.9 Å². The van der Waals surface area contributed by atoms with Crippen LogP contribution in [0.5, 0.6) is 0 Å². The molecule has 1 aromatic heterocycles. The molecule has 0 N–H and O–H groups in total. The smallest absolute Gasteiger partial charge is 0.0978 e. The van der Waals surface area contributed by atoms with Crippen molar-refractivity contribution >= 4 is 16.3 Å². The normalized spacial score (nSPS) is 16.4. The van der Waals surface area contributed by atoms with Crippen molar-refractivity contribution in [2.45, 2.75) is 27.3 Å². The molecule has 1 fully saturated rings. The molecule has 2 rings (SSSR count). The van der Waals surface area contributed by atoms with Gasteiger partial charge in [0, 0.05) is 37.8 Å². The molecule has 0 radical (unpaired) electrons. The summed E-state index contributed by atoms with van der Waals surface area (Å²) < 4.78 is 5.39. The Labute approximate surface area is 120 Å². The fraction of sp³-hybridized carbons (Fsp3) is 0.600. The number of hydrogen-bond donors (Lipinski definition) is 0. The van der Waals surface area contributed by atoms with Gasteiger partial charge in [0.25, 0.3) is 0 Å². The summed E-state index contributed by atoms with van der Waals surface area (Å²) in [5.74, 6) is 0. The van der Waals surface area contributed by atoms with Crippen LogP contribution in [-0.4, -0.2) is 38.3 Å². The molecule has 1 aliphatic heterocycles. The Morgan fingerprint density at radius 2 is 2.11 bits per heavy atom. The first kappa shape index (κ1) is 14.6. The molecule has 3 nitrogen and oxygen atoms in total. The second-order valence-electron chi connectivity index (χ2n) is 5.41. The number of rotatable bonds is 4. The van der Waals surface area contributed by atoms with E-state index in [1.807, 2.05) is 11.3 Å². The minimum absolute atomic E-state index is 0.870. The van der Waals surface area contributed by atoms with Crippen LogP contribution < -0.4 is 4.90 Å². The fourth-order valence-corrected chi connectivity index (χ4v) is 3.54. The lowest BCUT2D eigenvalue weighted by molar-refractivity contribution is 0.0346. The van der Waals surface area contributed by atoms with Gasteiger partial charge in [-0.15, -0.1) is 11.3 Å². The van der Waals surface area contributed by atoms with Crippen molar-refractivity contribution < 1.29 is 4.74 Å². The number of allylic oxidation sites excluding steroid dienone is 1. The van der Waals surface area contributed by atoms with Crippen LogP contribution in [0.1, 0.15) is 24.3 Å². The van der Waals surface area contributed by atoms with Gasteiger partial charge in [0.15, 0.2) is 0 Å². The van der Waals surface area contributed by atoms with Gasteiger partial charge in [0.2, 0.25) is 0 Å². The summed E-state index contributed by atoms with van der Waals surface area (Å²) in [4.78, 5) is 6.15. The van der Waals surface area contributed by atoms with E-state index in [0.717, 1.165) is 32.8 Å². The van der Waals surface area contributed by atoms with Crippen LogP contribution >= 0.6 is 11.3 Å². The maximum atomic E-state index is 5.39. The van der Waals surface area contributed by atoms with Crippen LogP contribution in [-0.2, 0) is 11.3 Å². The van der Waals surface area contributed by atoms with Gasteiger partial charge in [-0.25, -0.2) is 0 Å². The predicted molar refractivity (Wildman–Crippen MR) is 83.0 cm³/mol. The van der Waals surface area contributed by atoms with Crippen LogP contribution in [0, 0.1) is 6.92 Å². The largest absolute Gasteiger partial charge is 0.379 e. The van der Waals surface area contributed by atoms with E-state index in [9.17, 15) is 0 Å². The van der Waals surface area contributed by atoms with Crippen molar-refractivity contribution in [2.75, 3.05) is 38.3 Å². The van der Waals surface area contributed by atoms with Crippen molar-refractivity contribution in [1.82, 2.24) is 4.90 Å². The first-order valence-electron chi connectivity index (χ1n) is 6.83. The number of nitrogens with zero attached hydrogens (tertiary/aromatic N) is 2. The third-order valence-electron chi connectivity index (χ3n) is 3.20. The van der Waals surface area contributed by atoms with Crippen LogP contribution in [0.15, 0.2) is 17.8 Å². The molecule has 0 atom stereocenters. The maximum Gasteiger partial charge on any atom is 0.0978 e. The molecule has 1 aromatic rings. The molecule has 0 unspecified atom stereocenters. The zero-order valence-electron chi connectivity index (χ0n) is 12.4. The molecular formula is C15H24N2OS. The second-order valence-corrected chi connectivity index (χ2v) is 6.52. The highest BCUT2D eigenvalue weighted by atomic mass is 32.1. The zero-order valence-corrected chi connectivity index (χ0v) is 13.2. The minimum atomic E-state index is 0.870. The van der Waals surface area contributed by atoms with E-state index in [1.54, 1.807) is 0 Å². The molecule has 4 heteroatoms. The third-order valence-corrected chi connectivity index (χ3v) is 4.51. The highest BCUT2D eigenvalue weighted by Crippen LogP contribution is 2.31. The SMILES string of the molecule is CC(C)=CN(C)c1sc(CN2CCOCC2)cc1C. The van der Waals surface area contributed by atoms with Crippen LogP contribution in [0.4, 0.5) is 5.00 Å². The first-order chi connectivity index (χ1) is 9.06. The minimum Gasteiger partial charge on any atom is -0.379 e. The Kier molecular flexibility index (Phi) is 5.02. The van der Waals surface area contributed by atoms with Crippen LogP contribution in [0.25, 0.3) is 0 Å². The lowest BCUT2D eigenvalue weighted by atomic mass is 10.3. The summed E-state index contributed by atoms with van der Waals surface area (Å²) in [5, 5.41) is 1.35. The van der Waals surface area contributed by atoms with Crippen LogP contribution in [0.2, 0.25) is 0 Å². The number of thiophene rings is 1. The summed E-state index contributed by atoms with van der Waals surface area (Å²) in [6.07, 6.45) is 2.19. The highest BCUT2D eigenvalue weighted by molar-refractivity contribution is 7.16. The van der Waals surface area contributed by atoms with Gasteiger partial charge >= 0.3 is 0 Å². The van der Waals surface area contributed by atoms with Crippen molar-refractivity contribution in [1.29, 1.82) is 0 Å². The summed E-state index contributed by atoms with van der Waals surface area (Å²) in [6, 6.07) is 2.32. The van der Waals surface area contributed by atoms with E-state index in [4.69, 9.17) is 4.74 Å². The Hall–Kier alpha value is -0.840. The molecule has 0 aliphatic carbocycles. The fourth-order valence-electron chi connectivity index (χ4n) is 2.39. The number of anilines is 1. The molecule has 0 spiro atoms. The molecule has 19 heavy (non-hydrogen) atoms. The van der Waals surface area contributed by atoms with E-state index in [-0.39, 0.29) is 0 Å². The van der Waals surface area contributed by atoms with Crippen molar-refractivity contribution in [3.05, 3.63) is 28.3 Å². The standard InChI is InChI=1S/C15H24N2OS/c1-12(2)10-16(4)15-13(3)9-14(19-15)11-17-5-7-18-8-6-17/h9-10H,5-8,11H2,1-4H3. The molecule has 106 valence electrons.